The van der Waals surface area contributed by atoms with Gasteiger partial charge in [-0.05, 0) is 36.6 Å². The summed E-state index contributed by atoms with van der Waals surface area (Å²) < 4.78 is 7.20. The summed E-state index contributed by atoms with van der Waals surface area (Å²) in [5.41, 5.74) is 3.76. The van der Waals surface area contributed by atoms with Crippen LogP contribution in [-0.4, -0.2) is 36.6 Å². The molecule has 8 heteroatoms. The number of benzene rings is 1. The summed E-state index contributed by atoms with van der Waals surface area (Å²) in [6.45, 7) is 0. The van der Waals surface area contributed by atoms with Crippen LogP contribution in [0.25, 0.3) is 10.9 Å². The molecule has 2 aromatic rings. The zero-order chi connectivity index (χ0) is 17.3. The Morgan fingerprint density at radius 2 is 1.92 bits per heavy atom. The molecule has 0 spiro atoms. The van der Waals surface area contributed by atoms with E-state index in [1.165, 1.54) is 14.1 Å². The minimum absolute atomic E-state index is 0.474. The van der Waals surface area contributed by atoms with E-state index in [-0.39, 0.29) is 0 Å². The van der Waals surface area contributed by atoms with Crippen molar-refractivity contribution in [1.82, 2.24) is 15.2 Å². The Bertz CT molecular complexity index is 853. The number of amides is 2. The molecular weight excluding hydrogens is 312 g/mol. The second-order valence-electron chi connectivity index (χ2n) is 5.37. The molecule has 0 radical (unpaired) electrons. The van der Waals surface area contributed by atoms with E-state index in [1.807, 2.05) is 23.7 Å². The number of nitrogens with one attached hydrogen (secondary N) is 2. The number of carbonyl (C=O) groups is 2. The molecule has 0 saturated heterocycles. The van der Waals surface area contributed by atoms with Gasteiger partial charge in [-0.1, -0.05) is 5.16 Å². The van der Waals surface area contributed by atoms with E-state index in [2.05, 4.69) is 15.8 Å². The van der Waals surface area contributed by atoms with Gasteiger partial charge in [-0.3, -0.25) is 4.84 Å². The van der Waals surface area contributed by atoms with Gasteiger partial charge in [0.2, 0.25) is 0 Å². The first kappa shape index (κ1) is 15.9. The Morgan fingerprint density at radius 1 is 1.17 bits per heavy atom. The second-order valence-corrected chi connectivity index (χ2v) is 5.37. The van der Waals surface area contributed by atoms with Crippen molar-refractivity contribution in [2.24, 2.45) is 12.2 Å². The standard InChI is InChI=1S/C16H18N4O4/c1-17-15(21)23-9-4-7-13-11(8-9)10-5-6-12(14(10)20(13)3)19-24-16(22)18-2/h4,7-8H,5-6H2,1-3H3,(H,17,21)(H,18,22). The SMILES string of the molecule is CNC(=O)ON=C1CCc2c1n(C)c1ccc(OC(=O)NC)cc21. The number of hydrogen-bond donors (Lipinski definition) is 2. The molecule has 0 fully saturated rings. The third-order valence-corrected chi connectivity index (χ3v) is 4.02. The molecule has 126 valence electrons. The molecule has 1 aromatic carbocycles. The highest BCUT2D eigenvalue weighted by Gasteiger charge is 2.26. The van der Waals surface area contributed by atoms with E-state index >= 15 is 0 Å². The van der Waals surface area contributed by atoms with Crippen molar-refractivity contribution in [1.29, 1.82) is 0 Å². The maximum atomic E-state index is 11.4. The predicted octanol–water partition coefficient (Wildman–Crippen LogP) is 1.90. The van der Waals surface area contributed by atoms with E-state index in [0.29, 0.717) is 12.2 Å². The topological polar surface area (TPSA) is 93.9 Å². The summed E-state index contributed by atoms with van der Waals surface area (Å²) in [6.07, 6.45) is 0.358. The molecule has 2 amide bonds. The van der Waals surface area contributed by atoms with Gasteiger partial charge in [-0.15, -0.1) is 0 Å². The van der Waals surface area contributed by atoms with Crippen molar-refractivity contribution in [3.05, 3.63) is 29.5 Å². The monoisotopic (exact) mass is 330 g/mol. The summed E-state index contributed by atoms with van der Waals surface area (Å²) in [6, 6.07) is 5.47. The molecule has 24 heavy (non-hydrogen) atoms. The van der Waals surface area contributed by atoms with Gasteiger partial charge in [0.05, 0.1) is 5.69 Å². The fraction of sp³-hybridized carbons (Fsp3) is 0.312. The molecule has 0 unspecified atom stereocenters. The van der Waals surface area contributed by atoms with Crippen molar-refractivity contribution in [3.8, 4) is 5.75 Å². The average Bonchev–Trinajstić information content (AvgIpc) is 3.13. The number of rotatable bonds is 2. The fourth-order valence-electron chi connectivity index (χ4n) is 2.94. The Balaban J connectivity index is 2.00. The van der Waals surface area contributed by atoms with Crippen molar-refractivity contribution in [3.63, 3.8) is 0 Å². The first-order valence-corrected chi connectivity index (χ1v) is 7.52. The first-order chi connectivity index (χ1) is 11.5. The van der Waals surface area contributed by atoms with Crippen LogP contribution in [0.15, 0.2) is 23.4 Å². The van der Waals surface area contributed by atoms with Crippen LogP contribution in [0, 0.1) is 0 Å². The Labute approximate surface area is 138 Å². The van der Waals surface area contributed by atoms with Crippen molar-refractivity contribution in [2.75, 3.05) is 14.1 Å². The van der Waals surface area contributed by atoms with E-state index < -0.39 is 12.2 Å². The first-order valence-electron chi connectivity index (χ1n) is 7.52. The molecule has 1 aliphatic rings. The molecule has 0 bridgehead atoms. The summed E-state index contributed by atoms with van der Waals surface area (Å²) in [7, 11) is 4.92. The van der Waals surface area contributed by atoms with Gasteiger partial charge in [0.15, 0.2) is 0 Å². The van der Waals surface area contributed by atoms with Crippen LogP contribution in [0.1, 0.15) is 17.7 Å². The smallest absolute Gasteiger partial charge is 0.410 e. The van der Waals surface area contributed by atoms with Gasteiger partial charge >= 0.3 is 12.2 Å². The summed E-state index contributed by atoms with van der Waals surface area (Å²) >= 11 is 0. The van der Waals surface area contributed by atoms with Crippen molar-refractivity contribution in [2.45, 2.75) is 12.8 Å². The van der Waals surface area contributed by atoms with Crippen molar-refractivity contribution < 1.29 is 19.2 Å². The van der Waals surface area contributed by atoms with Crippen LogP contribution in [0.3, 0.4) is 0 Å². The van der Waals surface area contributed by atoms with E-state index in [1.54, 1.807) is 6.07 Å². The summed E-state index contributed by atoms with van der Waals surface area (Å²) in [5, 5.41) is 9.74. The zero-order valence-corrected chi connectivity index (χ0v) is 13.7. The maximum Gasteiger partial charge on any atom is 0.433 e. The van der Waals surface area contributed by atoms with E-state index in [9.17, 15) is 9.59 Å². The van der Waals surface area contributed by atoms with Gasteiger partial charge in [0.25, 0.3) is 0 Å². The predicted molar refractivity (Wildman–Crippen MR) is 88.4 cm³/mol. The van der Waals surface area contributed by atoms with Gasteiger partial charge in [0.1, 0.15) is 11.5 Å². The lowest BCUT2D eigenvalue weighted by Gasteiger charge is -2.05. The number of ether oxygens (including phenoxy) is 1. The molecule has 8 nitrogen and oxygen atoms in total. The third-order valence-electron chi connectivity index (χ3n) is 4.02. The molecule has 0 aliphatic heterocycles. The number of aromatic nitrogens is 1. The number of hydrogen-bond acceptors (Lipinski definition) is 5. The second kappa shape index (κ2) is 6.23. The molecule has 2 N–H and O–H groups in total. The summed E-state index contributed by atoms with van der Waals surface area (Å²) in [4.78, 5) is 27.4. The van der Waals surface area contributed by atoms with E-state index in [0.717, 1.165) is 34.3 Å². The maximum absolute atomic E-state index is 11.4. The number of fused-ring (bicyclic) bond motifs is 3. The lowest BCUT2D eigenvalue weighted by molar-refractivity contribution is 0.153. The molecule has 0 saturated carbocycles. The molecule has 0 atom stereocenters. The molecule has 3 rings (SSSR count). The van der Waals surface area contributed by atoms with Gasteiger partial charge in [-0.25, -0.2) is 9.59 Å². The lowest BCUT2D eigenvalue weighted by Crippen LogP contribution is -2.21. The zero-order valence-electron chi connectivity index (χ0n) is 13.7. The highest BCUT2D eigenvalue weighted by Crippen LogP contribution is 2.34. The quantitative estimate of drug-likeness (QED) is 0.649. The number of carbonyl (C=O) groups excluding carboxylic acids is 2. The molecular formula is C16H18N4O4. The van der Waals surface area contributed by atoms with Crippen LogP contribution < -0.4 is 15.4 Å². The number of nitrogens with zero attached hydrogens (tertiary/aromatic N) is 2. The molecule has 1 heterocycles. The normalized spacial score (nSPS) is 14.5. The fourth-order valence-corrected chi connectivity index (χ4v) is 2.94. The van der Waals surface area contributed by atoms with Crippen molar-refractivity contribution >= 4 is 28.8 Å². The van der Waals surface area contributed by atoms with Crippen LogP contribution >= 0.6 is 0 Å². The Kier molecular flexibility index (Phi) is 4.11. The Morgan fingerprint density at radius 3 is 2.62 bits per heavy atom. The minimum atomic E-state index is -0.601. The lowest BCUT2D eigenvalue weighted by atomic mass is 10.1. The van der Waals surface area contributed by atoms with Gasteiger partial charge in [-0.2, -0.15) is 0 Å². The minimum Gasteiger partial charge on any atom is -0.410 e. The van der Waals surface area contributed by atoms with Crippen LogP contribution in [0.2, 0.25) is 0 Å². The largest absolute Gasteiger partial charge is 0.433 e. The molecule has 1 aromatic heterocycles. The van der Waals surface area contributed by atoms with Crippen LogP contribution in [-0.2, 0) is 18.3 Å². The van der Waals surface area contributed by atoms with Gasteiger partial charge < -0.3 is 19.9 Å². The third kappa shape index (κ3) is 2.66. The average molecular weight is 330 g/mol. The van der Waals surface area contributed by atoms with E-state index in [4.69, 9.17) is 9.57 Å². The highest BCUT2D eigenvalue weighted by atomic mass is 16.7. The van der Waals surface area contributed by atoms with Gasteiger partial charge in [0, 0.05) is 32.0 Å². The van der Waals surface area contributed by atoms with Crippen LogP contribution in [0.5, 0.6) is 5.75 Å². The Hall–Kier alpha value is -3.03. The van der Waals surface area contributed by atoms with Crippen LogP contribution in [0.4, 0.5) is 9.59 Å². The molecule has 1 aliphatic carbocycles. The number of oxime groups is 1. The number of aryl methyl sites for hydroxylation is 2. The highest BCUT2D eigenvalue weighted by molar-refractivity contribution is 6.09. The summed E-state index contributed by atoms with van der Waals surface area (Å²) in [5.74, 6) is 0.474.